The predicted octanol–water partition coefficient (Wildman–Crippen LogP) is 1.74. The van der Waals surface area contributed by atoms with Crippen molar-refractivity contribution in [1.82, 2.24) is 9.78 Å². The number of carboxylic acids is 1. The first-order valence-corrected chi connectivity index (χ1v) is 6.03. The van der Waals surface area contributed by atoms with E-state index < -0.39 is 12.1 Å². The second kappa shape index (κ2) is 4.68. The number of aryl methyl sites for hydroxylation is 1. The van der Waals surface area contributed by atoms with Gasteiger partial charge in [0, 0.05) is 12.7 Å². The molecule has 1 unspecified atom stereocenters. The van der Waals surface area contributed by atoms with Gasteiger partial charge in [-0.3, -0.25) is 4.68 Å². The van der Waals surface area contributed by atoms with Crippen LogP contribution in [0.2, 0.25) is 0 Å². The van der Waals surface area contributed by atoms with E-state index in [-0.39, 0.29) is 5.56 Å². The molecule has 0 spiro atoms. The van der Waals surface area contributed by atoms with Gasteiger partial charge >= 0.3 is 5.97 Å². The summed E-state index contributed by atoms with van der Waals surface area (Å²) in [6.45, 7) is 2.54. The quantitative estimate of drug-likeness (QED) is 0.869. The molecule has 0 saturated carbocycles. The number of thiophene rings is 1. The summed E-state index contributed by atoms with van der Waals surface area (Å²) in [5.74, 6) is -1.03. The monoisotopic (exact) mass is 252 g/mol. The fourth-order valence-electron chi connectivity index (χ4n) is 1.68. The summed E-state index contributed by atoms with van der Waals surface area (Å²) in [6, 6.07) is 3.19. The highest BCUT2D eigenvalue weighted by molar-refractivity contribution is 7.10. The number of carbonyl (C=O) groups is 1. The molecule has 0 saturated heterocycles. The van der Waals surface area contributed by atoms with Crippen LogP contribution in [0.1, 0.15) is 34.0 Å². The molecule has 0 radical (unpaired) electrons. The normalized spacial score (nSPS) is 12.6. The zero-order chi connectivity index (χ0) is 12.4. The lowest BCUT2D eigenvalue weighted by Gasteiger charge is -2.11. The van der Waals surface area contributed by atoms with Gasteiger partial charge in [-0.1, -0.05) is 0 Å². The van der Waals surface area contributed by atoms with E-state index in [0.717, 1.165) is 0 Å². The summed E-state index contributed by atoms with van der Waals surface area (Å²) in [5.41, 5.74) is 0.754. The van der Waals surface area contributed by atoms with Crippen molar-refractivity contribution in [3.05, 3.63) is 39.8 Å². The number of aliphatic hydroxyl groups excluding tert-OH is 1. The summed E-state index contributed by atoms with van der Waals surface area (Å²) in [7, 11) is 0. The summed E-state index contributed by atoms with van der Waals surface area (Å²) in [6.07, 6.45) is 0.652. The number of rotatable bonds is 4. The molecule has 0 aromatic carbocycles. The molecule has 0 aliphatic heterocycles. The Balaban J connectivity index is 2.40. The summed E-state index contributed by atoms with van der Waals surface area (Å²) < 4.78 is 1.65. The number of aliphatic hydroxyl groups is 1. The lowest BCUT2D eigenvalue weighted by atomic mass is 10.1. The minimum absolute atomic E-state index is 0.145. The topological polar surface area (TPSA) is 75.3 Å². The van der Waals surface area contributed by atoms with Crippen LogP contribution in [0.5, 0.6) is 0 Å². The first kappa shape index (κ1) is 11.8. The maximum atomic E-state index is 11.0. The van der Waals surface area contributed by atoms with Gasteiger partial charge < -0.3 is 10.2 Å². The van der Waals surface area contributed by atoms with Crippen LogP contribution >= 0.6 is 11.3 Å². The molecule has 17 heavy (non-hydrogen) atoms. The highest BCUT2D eigenvalue weighted by atomic mass is 32.1. The largest absolute Gasteiger partial charge is 0.478 e. The SMILES string of the molecule is CCn1nccc1C(O)c1sccc1C(=O)O. The standard InChI is InChI=1S/C11H12N2O3S/c1-2-13-8(3-5-12-13)9(14)10-7(11(15)16)4-6-17-10/h3-6,9,14H,2H2,1H3,(H,15,16). The van der Waals surface area contributed by atoms with Gasteiger partial charge in [-0.25, -0.2) is 4.79 Å². The molecule has 2 heterocycles. The van der Waals surface area contributed by atoms with Crippen LogP contribution in [-0.2, 0) is 6.54 Å². The van der Waals surface area contributed by atoms with Crippen LogP contribution in [0, 0.1) is 0 Å². The molecular weight excluding hydrogens is 240 g/mol. The molecule has 5 nitrogen and oxygen atoms in total. The maximum absolute atomic E-state index is 11.0. The molecule has 2 N–H and O–H groups in total. The minimum Gasteiger partial charge on any atom is -0.478 e. The molecular formula is C11H12N2O3S. The summed E-state index contributed by atoms with van der Waals surface area (Å²) >= 11 is 1.23. The Morgan fingerprint density at radius 2 is 2.35 bits per heavy atom. The highest BCUT2D eigenvalue weighted by Crippen LogP contribution is 2.29. The smallest absolute Gasteiger partial charge is 0.336 e. The van der Waals surface area contributed by atoms with Crippen LogP contribution in [0.25, 0.3) is 0 Å². The zero-order valence-electron chi connectivity index (χ0n) is 9.20. The van der Waals surface area contributed by atoms with Crippen molar-refractivity contribution in [3.63, 3.8) is 0 Å². The lowest BCUT2D eigenvalue weighted by molar-refractivity contribution is 0.0692. The molecule has 6 heteroatoms. The molecule has 0 aliphatic carbocycles. The van der Waals surface area contributed by atoms with Crippen molar-refractivity contribution in [2.75, 3.05) is 0 Å². The van der Waals surface area contributed by atoms with E-state index in [0.29, 0.717) is 17.1 Å². The van der Waals surface area contributed by atoms with Crippen LogP contribution in [-0.4, -0.2) is 26.0 Å². The van der Waals surface area contributed by atoms with E-state index in [1.165, 1.54) is 17.4 Å². The number of hydrogen-bond donors (Lipinski definition) is 2. The third-order valence-electron chi connectivity index (χ3n) is 2.50. The van der Waals surface area contributed by atoms with Gasteiger partial charge in [0.05, 0.1) is 16.1 Å². The van der Waals surface area contributed by atoms with Crippen molar-refractivity contribution in [2.45, 2.75) is 19.6 Å². The average molecular weight is 252 g/mol. The van der Waals surface area contributed by atoms with Crippen LogP contribution in [0.3, 0.4) is 0 Å². The molecule has 2 rings (SSSR count). The first-order valence-electron chi connectivity index (χ1n) is 5.15. The van der Waals surface area contributed by atoms with E-state index >= 15 is 0 Å². The van der Waals surface area contributed by atoms with Crippen molar-refractivity contribution in [2.24, 2.45) is 0 Å². The Morgan fingerprint density at radius 1 is 1.59 bits per heavy atom. The molecule has 0 fully saturated rings. The van der Waals surface area contributed by atoms with Crippen LogP contribution < -0.4 is 0 Å². The van der Waals surface area contributed by atoms with Gasteiger partial charge in [0.2, 0.25) is 0 Å². The molecule has 1 atom stereocenters. The van der Waals surface area contributed by atoms with Gasteiger partial charge in [0.25, 0.3) is 0 Å². The van der Waals surface area contributed by atoms with E-state index in [9.17, 15) is 9.90 Å². The molecule has 2 aromatic rings. The van der Waals surface area contributed by atoms with Crippen molar-refractivity contribution in [1.29, 1.82) is 0 Å². The van der Waals surface area contributed by atoms with Gasteiger partial charge in [-0.15, -0.1) is 11.3 Å². The highest BCUT2D eigenvalue weighted by Gasteiger charge is 2.22. The second-order valence-electron chi connectivity index (χ2n) is 3.48. The van der Waals surface area contributed by atoms with E-state index in [4.69, 9.17) is 5.11 Å². The van der Waals surface area contributed by atoms with Crippen LogP contribution in [0.15, 0.2) is 23.7 Å². The summed E-state index contributed by atoms with van der Waals surface area (Å²) in [4.78, 5) is 11.4. The third-order valence-corrected chi connectivity index (χ3v) is 3.47. The maximum Gasteiger partial charge on any atom is 0.336 e. The Bertz CT molecular complexity index is 532. The lowest BCUT2D eigenvalue weighted by Crippen LogP contribution is -2.10. The Hall–Kier alpha value is -1.66. The minimum atomic E-state index is -1.03. The van der Waals surface area contributed by atoms with Crippen molar-refractivity contribution in [3.8, 4) is 0 Å². The number of nitrogens with zero attached hydrogens (tertiary/aromatic N) is 2. The average Bonchev–Trinajstić information content (AvgIpc) is 2.96. The number of hydrogen-bond acceptors (Lipinski definition) is 4. The number of aromatic nitrogens is 2. The molecule has 0 bridgehead atoms. The summed E-state index contributed by atoms with van der Waals surface area (Å²) in [5, 5.41) is 24.9. The third kappa shape index (κ3) is 2.09. The molecule has 0 aliphatic rings. The van der Waals surface area contributed by atoms with E-state index in [2.05, 4.69) is 5.10 Å². The molecule has 0 amide bonds. The van der Waals surface area contributed by atoms with Gasteiger partial charge in [-0.05, 0) is 24.4 Å². The van der Waals surface area contributed by atoms with Crippen LogP contribution in [0.4, 0.5) is 0 Å². The van der Waals surface area contributed by atoms with Crippen molar-refractivity contribution >= 4 is 17.3 Å². The fourth-order valence-corrected chi connectivity index (χ4v) is 2.57. The number of carboxylic acid groups (broad SMARTS) is 1. The predicted molar refractivity (Wildman–Crippen MR) is 63.2 cm³/mol. The number of aromatic carboxylic acids is 1. The van der Waals surface area contributed by atoms with Crippen molar-refractivity contribution < 1.29 is 15.0 Å². The molecule has 2 aromatic heterocycles. The molecule has 90 valence electrons. The van der Waals surface area contributed by atoms with E-state index in [1.54, 1.807) is 22.3 Å². The first-order chi connectivity index (χ1) is 8.15. The van der Waals surface area contributed by atoms with Gasteiger partial charge in [0.1, 0.15) is 6.10 Å². The Labute approximate surface area is 102 Å². The second-order valence-corrected chi connectivity index (χ2v) is 4.43. The van der Waals surface area contributed by atoms with E-state index in [1.807, 2.05) is 6.92 Å². The Morgan fingerprint density at radius 3 is 3.00 bits per heavy atom. The van der Waals surface area contributed by atoms with Gasteiger partial charge in [0.15, 0.2) is 0 Å². The Kier molecular flexibility index (Phi) is 3.26. The fraction of sp³-hybridized carbons (Fsp3) is 0.273. The zero-order valence-corrected chi connectivity index (χ0v) is 10.0. The van der Waals surface area contributed by atoms with Gasteiger partial charge in [-0.2, -0.15) is 5.10 Å².